The maximum Gasteiger partial charge on any atom is 0.269 e. The van der Waals surface area contributed by atoms with Crippen molar-refractivity contribution in [1.82, 2.24) is 14.7 Å². The zero-order valence-electron chi connectivity index (χ0n) is 17.7. The van der Waals surface area contributed by atoms with Crippen molar-refractivity contribution in [3.63, 3.8) is 0 Å². The SMILES string of the molecule is Cc1ccccc1Oc1nc2ccccn2c(=O)c1/C=C(\C#N)C(=O)N[C@H]1CCS(=O)(=O)C1. The maximum atomic E-state index is 13.2. The summed E-state index contributed by atoms with van der Waals surface area (Å²) < 4.78 is 30.5. The summed E-state index contributed by atoms with van der Waals surface area (Å²) in [6, 6.07) is 13.4. The Kier molecular flexibility index (Phi) is 5.98. The van der Waals surface area contributed by atoms with Gasteiger partial charge in [-0.15, -0.1) is 0 Å². The summed E-state index contributed by atoms with van der Waals surface area (Å²) in [5, 5.41) is 12.2. The van der Waals surface area contributed by atoms with Crippen molar-refractivity contribution in [2.75, 3.05) is 11.5 Å². The summed E-state index contributed by atoms with van der Waals surface area (Å²) in [6.45, 7) is 1.84. The van der Waals surface area contributed by atoms with Crippen molar-refractivity contribution >= 4 is 27.5 Å². The topological polar surface area (TPSA) is 131 Å². The Balaban J connectivity index is 1.77. The first-order valence-electron chi connectivity index (χ1n) is 10.2. The molecule has 9 nitrogen and oxygen atoms in total. The van der Waals surface area contributed by atoms with E-state index in [1.54, 1.807) is 36.4 Å². The number of amides is 1. The monoisotopic (exact) mass is 464 g/mol. The van der Waals surface area contributed by atoms with Gasteiger partial charge in [0.1, 0.15) is 28.6 Å². The zero-order chi connectivity index (χ0) is 23.6. The molecule has 1 aromatic carbocycles. The van der Waals surface area contributed by atoms with E-state index in [0.29, 0.717) is 11.4 Å². The van der Waals surface area contributed by atoms with Crippen LogP contribution in [0.1, 0.15) is 17.5 Å². The summed E-state index contributed by atoms with van der Waals surface area (Å²) in [5.41, 5.74) is 0.190. The molecule has 1 saturated heterocycles. The number of nitriles is 1. The molecular formula is C23H20N4O5S. The van der Waals surface area contributed by atoms with Gasteiger partial charge in [-0.3, -0.25) is 14.0 Å². The van der Waals surface area contributed by atoms with Crippen LogP contribution in [0.4, 0.5) is 0 Å². The normalized spacial score (nSPS) is 17.5. The van der Waals surface area contributed by atoms with E-state index in [0.717, 1.165) is 11.6 Å². The fraction of sp³-hybridized carbons (Fsp3) is 0.217. The average Bonchev–Trinajstić information content (AvgIpc) is 3.13. The number of ether oxygens (including phenoxy) is 1. The van der Waals surface area contributed by atoms with E-state index < -0.39 is 27.3 Å². The predicted molar refractivity (Wildman–Crippen MR) is 122 cm³/mol. The van der Waals surface area contributed by atoms with Gasteiger partial charge in [-0.25, -0.2) is 8.42 Å². The highest BCUT2D eigenvalue weighted by Gasteiger charge is 2.30. The molecule has 0 saturated carbocycles. The molecule has 168 valence electrons. The van der Waals surface area contributed by atoms with Crippen LogP contribution in [0.15, 0.2) is 59.0 Å². The van der Waals surface area contributed by atoms with Crippen LogP contribution >= 0.6 is 0 Å². The first kappa shape index (κ1) is 22.2. The minimum Gasteiger partial charge on any atom is -0.438 e. The number of hydrogen-bond acceptors (Lipinski definition) is 7. The number of pyridine rings is 1. The van der Waals surface area contributed by atoms with E-state index in [1.807, 2.05) is 19.1 Å². The van der Waals surface area contributed by atoms with Gasteiger partial charge in [0, 0.05) is 12.2 Å². The zero-order valence-corrected chi connectivity index (χ0v) is 18.5. The van der Waals surface area contributed by atoms with Crippen molar-refractivity contribution < 1.29 is 17.9 Å². The van der Waals surface area contributed by atoms with Crippen LogP contribution in [-0.2, 0) is 14.6 Å². The van der Waals surface area contributed by atoms with Crippen molar-refractivity contribution in [2.24, 2.45) is 0 Å². The van der Waals surface area contributed by atoms with E-state index in [9.17, 15) is 23.3 Å². The van der Waals surface area contributed by atoms with Crippen LogP contribution < -0.4 is 15.6 Å². The second kappa shape index (κ2) is 8.88. The number of nitrogens with zero attached hydrogens (tertiary/aromatic N) is 3. The van der Waals surface area contributed by atoms with Crippen LogP contribution in [0.3, 0.4) is 0 Å². The fourth-order valence-corrected chi connectivity index (χ4v) is 5.20. The lowest BCUT2D eigenvalue weighted by molar-refractivity contribution is -0.117. The third-order valence-electron chi connectivity index (χ3n) is 5.26. The number of benzene rings is 1. The number of hydrogen-bond donors (Lipinski definition) is 1. The van der Waals surface area contributed by atoms with Gasteiger partial charge >= 0.3 is 0 Å². The highest BCUT2D eigenvalue weighted by atomic mass is 32.2. The summed E-state index contributed by atoms with van der Waals surface area (Å²) in [7, 11) is -3.21. The number of carbonyl (C=O) groups excluding carboxylic acids is 1. The van der Waals surface area contributed by atoms with Crippen LogP contribution in [0, 0.1) is 18.3 Å². The van der Waals surface area contributed by atoms with Crippen molar-refractivity contribution in [3.05, 3.63) is 75.7 Å². The smallest absolute Gasteiger partial charge is 0.269 e. The lowest BCUT2D eigenvalue weighted by Gasteiger charge is -2.12. The molecule has 33 heavy (non-hydrogen) atoms. The molecule has 0 radical (unpaired) electrons. The van der Waals surface area contributed by atoms with Crippen molar-refractivity contribution in [2.45, 2.75) is 19.4 Å². The van der Waals surface area contributed by atoms with Gasteiger partial charge in [-0.1, -0.05) is 24.3 Å². The Labute approximate surface area is 189 Å². The number of sulfone groups is 1. The van der Waals surface area contributed by atoms with Crippen molar-refractivity contribution in [3.8, 4) is 17.7 Å². The van der Waals surface area contributed by atoms with Gasteiger partial charge in [0.05, 0.1) is 11.5 Å². The highest BCUT2D eigenvalue weighted by Crippen LogP contribution is 2.26. The molecule has 1 aliphatic heterocycles. The number of aromatic nitrogens is 2. The third kappa shape index (κ3) is 4.78. The first-order chi connectivity index (χ1) is 15.8. The number of aryl methyl sites for hydroxylation is 1. The second-order valence-electron chi connectivity index (χ2n) is 7.68. The Morgan fingerprint density at radius 3 is 2.73 bits per heavy atom. The van der Waals surface area contributed by atoms with Crippen LogP contribution in [-0.4, -0.2) is 41.3 Å². The van der Waals surface area contributed by atoms with Crippen LogP contribution in [0.5, 0.6) is 11.6 Å². The number of nitrogens with one attached hydrogen (secondary N) is 1. The van der Waals surface area contributed by atoms with Gasteiger partial charge in [0.2, 0.25) is 5.88 Å². The molecule has 3 aromatic rings. The van der Waals surface area contributed by atoms with Crippen LogP contribution in [0.2, 0.25) is 0 Å². The van der Waals surface area contributed by atoms with Crippen LogP contribution in [0.25, 0.3) is 11.7 Å². The molecule has 1 N–H and O–H groups in total. The van der Waals surface area contributed by atoms with Gasteiger partial charge in [-0.2, -0.15) is 10.2 Å². The number of fused-ring (bicyclic) bond motifs is 1. The maximum absolute atomic E-state index is 13.2. The van der Waals surface area contributed by atoms with Gasteiger partial charge in [0.25, 0.3) is 11.5 Å². The van der Waals surface area contributed by atoms with Crippen molar-refractivity contribution in [1.29, 1.82) is 5.26 Å². The molecular weight excluding hydrogens is 444 g/mol. The largest absolute Gasteiger partial charge is 0.438 e. The number of rotatable bonds is 5. The molecule has 3 heterocycles. The summed E-state index contributed by atoms with van der Waals surface area (Å²) in [4.78, 5) is 30.3. The predicted octanol–water partition coefficient (Wildman–Crippen LogP) is 2.01. The molecule has 0 bridgehead atoms. The minimum absolute atomic E-state index is 0.0199. The van der Waals surface area contributed by atoms with E-state index in [4.69, 9.17) is 4.74 Å². The molecule has 1 amide bonds. The highest BCUT2D eigenvalue weighted by molar-refractivity contribution is 7.91. The molecule has 0 aliphatic carbocycles. The number of para-hydroxylation sites is 1. The van der Waals surface area contributed by atoms with Gasteiger partial charge in [-0.05, 0) is 43.2 Å². The van der Waals surface area contributed by atoms with E-state index in [1.165, 1.54) is 10.6 Å². The van der Waals surface area contributed by atoms with Gasteiger partial charge in [0.15, 0.2) is 9.84 Å². The van der Waals surface area contributed by atoms with E-state index in [-0.39, 0.29) is 34.9 Å². The Bertz CT molecular complexity index is 1480. The number of carbonyl (C=O) groups is 1. The molecule has 2 aromatic heterocycles. The molecule has 0 unspecified atom stereocenters. The third-order valence-corrected chi connectivity index (χ3v) is 7.02. The minimum atomic E-state index is -3.21. The van der Waals surface area contributed by atoms with Gasteiger partial charge < -0.3 is 10.1 Å². The summed E-state index contributed by atoms with van der Waals surface area (Å²) in [6.07, 6.45) is 2.92. The first-order valence-corrected chi connectivity index (χ1v) is 12.0. The molecule has 1 aliphatic rings. The summed E-state index contributed by atoms with van der Waals surface area (Å²) in [5.74, 6) is -0.547. The average molecular weight is 465 g/mol. The van der Waals surface area contributed by atoms with E-state index in [2.05, 4.69) is 10.3 Å². The standard InChI is InChI=1S/C23H20N4O5S/c1-15-6-2-3-7-19(15)32-22-18(23(29)27-10-5-4-8-20(27)26-22)12-16(13-24)21(28)25-17-9-11-33(30,31)14-17/h2-8,10,12,17H,9,11,14H2,1H3,(H,25,28)/b16-12+/t17-/m0/s1. The second-order valence-corrected chi connectivity index (χ2v) is 9.90. The molecule has 10 heteroatoms. The molecule has 1 fully saturated rings. The van der Waals surface area contributed by atoms with E-state index >= 15 is 0 Å². The lowest BCUT2D eigenvalue weighted by Crippen LogP contribution is -2.36. The quantitative estimate of drug-likeness (QED) is 0.451. The lowest BCUT2D eigenvalue weighted by atomic mass is 10.1. The molecule has 0 spiro atoms. The molecule has 4 rings (SSSR count). The Morgan fingerprint density at radius 2 is 2.03 bits per heavy atom. The summed E-state index contributed by atoms with van der Waals surface area (Å²) >= 11 is 0. The Hall–Kier alpha value is -3.97. The fourth-order valence-electron chi connectivity index (χ4n) is 3.52. The Morgan fingerprint density at radius 1 is 1.27 bits per heavy atom. The molecule has 1 atom stereocenters.